The second-order valence-electron chi connectivity index (χ2n) is 6.75. The number of rotatable bonds is 5. The third-order valence-corrected chi connectivity index (χ3v) is 4.99. The van der Waals surface area contributed by atoms with Gasteiger partial charge in [0.25, 0.3) is 5.91 Å². The lowest BCUT2D eigenvalue weighted by molar-refractivity contribution is -0.136. The number of carbonyl (C=O) groups excluding carboxylic acids is 2. The quantitative estimate of drug-likeness (QED) is 0.902. The highest BCUT2D eigenvalue weighted by Gasteiger charge is 2.30. The number of hydrogen-bond acceptors (Lipinski definition) is 3. The molecule has 0 aromatic heterocycles. The summed E-state index contributed by atoms with van der Waals surface area (Å²) >= 11 is 0. The molecule has 0 bridgehead atoms. The van der Waals surface area contributed by atoms with E-state index in [4.69, 9.17) is 4.74 Å². The largest absolute Gasteiger partial charge is 0.484 e. The van der Waals surface area contributed by atoms with Crippen LogP contribution in [0.1, 0.15) is 38.5 Å². The van der Waals surface area contributed by atoms with Gasteiger partial charge in [-0.2, -0.15) is 0 Å². The normalized spacial score (nSPS) is 19.2. The summed E-state index contributed by atoms with van der Waals surface area (Å²) in [6.07, 6.45) is 6.12. The molecule has 0 radical (unpaired) electrons. The number of benzene rings is 1. The summed E-state index contributed by atoms with van der Waals surface area (Å²) in [5.74, 6) is 1.17. The van der Waals surface area contributed by atoms with Crippen molar-refractivity contribution in [3.8, 4) is 5.75 Å². The molecule has 0 unspecified atom stereocenters. The van der Waals surface area contributed by atoms with Crippen molar-refractivity contribution in [3.05, 3.63) is 30.3 Å². The lowest BCUT2D eigenvalue weighted by Crippen LogP contribution is -2.48. The van der Waals surface area contributed by atoms with Gasteiger partial charge in [-0.15, -0.1) is 0 Å². The molecular weight excluding hydrogens is 304 g/mol. The Labute approximate surface area is 143 Å². The van der Waals surface area contributed by atoms with Crippen LogP contribution in [0.3, 0.4) is 0 Å². The third kappa shape index (κ3) is 4.49. The summed E-state index contributed by atoms with van der Waals surface area (Å²) in [4.78, 5) is 26.4. The number of nitrogens with one attached hydrogen (secondary N) is 1. The van der Waals surface area contributed by atoms with Gasteiger partial charge in [0.15, 0.2) is 6.61 Å². The molecule has 0 atom stereocenters. The van der Waals surface area contributed by atoms with Crippen LogP contribution in [0, 0.1) is 5.92 Å². The fourth-order valence-corrected chi connectivity index (χ4v) is 3.61. The van der Waals surface area contributed by atoms with Gasteiger partial charge in [0.1, 0.15) is 5.75 Å². The van der Waals surface area contributed by atoms with Crippen molar-refractivity contribution in [1.82, 2.24) is 10.2 Å². The van der Waals surface area contributed by atoms with Crippen LogP contribution in [0.25, 0.3) is 0 Å². The second kappa shape index (κ2) is 8.18. The number of likely N-dealkylation sites (tertiary alicyclic amines) is 1. The summed E-state index contributed by atoms with van der Waals surface area (Å²) in [5.41, 5.74) is 0. The first-order valence-electron chi connectivity index (χ1n) is 8.98. The molecule has 0 spiro atoms. The van der Waals surface area contributed by atoms with E-state index in [9.17, 15) is 9.59 Å². The van der Waals surface area contributed by atoms with Crippen molar-refractivity contribution in [2.24, 2.45) is 5.92 Å². The first kappa shape index (κ1) is 16.8. The lowest BCUT2D eigenvalue weighted by Gasteiger charge is -2.33. The lowest BCUT2D eigenvalue weighted by atomic mass is 10.0. The Morgan fingerprint density at radius 2 is 1.71 bits per heavy atom. The zero-order valence-electron chi connectivity index (χ0n) is 14.1. The second-order valence-corrected chi connectivity index (χ2v) is 6.75. The van der Waals surface area contributed by atoms with E-state index in [1.165, 1.54) is 12.8 Å². The van der Waals surface area contributed by atoms with E-state index < -0.39 is 0 Å². The van der Waals surface area contributed by atoms with Crippen LogP contribution >= 0.6 is 0 Å². The highest BCUT2D eigenvalue weighted by Crippen LogP contribution is 2.27. The standard InChI is InChI=1S/C19H26N2O3/c22-18(14-24-17-8-2-1-3-9-17)20-16-10-12-21(13-11-16)19(23)15-6-4-5-7-15/h1-3,8-9,15-16H,4-7,10-14H2,(H,20,22). The number of hydrogen-bond donors (Lipinski definition) is 1. The van der Waals surface area contributed by atoms with Gasteiger partial charge in [-0.05, 0) is 37.8 Å². The van der Waals surface area contributed by atoms with Gasteiger partial charge in [0, 0.05) is 25.0 Å². The Bertz CT molecular complexity index is 547. The molecule has 1 aromatic rings. The van der Waals surface area contributed by atoms with Gasteiger partial charge in [-0.3, -0.25) is 9.59 Å². The van der Waals surface area contributed by atoms with Crippen molar-refractivity contribution >= 4 is 11.8 Å². The number of carbonyl (C=O) groups is 2. The summed E-state index contributed by atoms with van der Waals surface area (Å²) < 4.78 is 5.46. The fraction of sp³-hybridized carbons (Fsp3) is 0.579. The van der Waals surface area contributed by atoms with Crippen LogP contribution in [0.15, 0.2) is 30.3 Å². The van der Waals surface area contributed by atoms with Crippen LogP contribution in [-0.2, 0) is 9.59 Å². The number of piperidine rings is 1. The van der Waals surface area contributed by atoms with Gasteiger partial charge in [0.05, 0.1) is 0 Å². The van der Waals surface area contributed by atoms with Gasteiger partial charge < -0.3 is 15.0 Å². The van der Waals surface area contributed by atoms with E-state index in [0.717, 1.165) is 38.8 Å². The Balaban J connectivity index is 1.37. The maximum atomic E-state index is 12.4. The molecule has 1 saturated carbocycles. The van der Waals surface area contributed by atoms with Gasteiger partial charge >= 0.3 is 0 Å². The van der Waals surface area contributed by atoms with E-state index in [1.54, 1.807) is 0 Å². The molecule has 1 saturated heterocycles. The smallest absolute Gasteiger partial charge is 0.258 e. The molecular formula is C19H26N2O3. The molecule has 5 heteroatoms. The molecule has 130 valence electrons. The molecule has 24 heavy (non-hydrogen) atoms. The maximum absolute atomic E-state index is 12.4. The first-order valence-corrected chi connectivity index (χ1v) is 8.98. The topological polar surface area (TPSA) is 58.6 Å². The summed E-state index contributed by atoms with van der Waals surface area (Å²) in [5, 5.41) is 3.02. The molecule has 2 amide bonds. The average Bonchev–Trinajstić information content (AvgIpc) is 3.16. The first-order chi connectivity index (χ1) is 11.7. The SMILES string of the molecule is O=C(COc1ccccc1)NC1CCN(C(=O)C2CCCC2)CC1. The van der Waals surface area contributed by atoms with E-state index in [-0.39, 0.29) is 24.5 Å². The fourth-order valence-electron chi connectivity index (χ4n) is 3.61. The minimum absolute atomic E-state index is 0.0330. The Morgan fingerprint density at radius 3 is 2.38 bits per heavy atom. The van der Waals surface area contributed by atoms with E-state index >= 15 is 0 Å². The molecule has 1 aliphatic carbocycles. The Kier molecular flexibility index (Phi) is 5.72. The Morgan fingerprint density at radius 1 is 1.04 bits per heavy atom. The third-order valence-electron chi connectivity index (χ3n) is 4.99. The zero-order valence-corrected chi connectivity index (χ0v) is 14.1. The minimum Gasteiger partial charge on any atom is -0.484 e. The molecule has 2 fully saturated rings. The zero-order chi connectivity index (χ0) is 16.8. The number of amides is 2. The van der Waals surface area contributed by atoms with E-state index in [0.29, 0.717) is 11.7 Å². The molecule has 1 aromatic carbocycles. The highest BCUT2D eigenvalue weighted by atomic mass is 16.5. The number of nitrogens with zero attached hydrogens (tertiary/aromatic N) is 1. The molecule has 3 rings (SSSR count). The van der Waals surface area contributed by atoms with Gasteiger partial charge in [-0.25, -0.2) is 0 Å². The van der Waals surface area contributed by atoms with Crippen LogP contribution in [-0.4, -0.2) is 42.5 Å². The predicted octanol–water partition coefficient (Wildman–Crippen LogP) is 2.36. The van der Waals surface area contributed by atoms with Gasteiger partial charge in [-0.1, -0.05) is 31.0 Å². The van der Waals surface area contributed by atoms with Crippen LogP contribution in [0.4, 0.5) is 0 Å². The number of para-hydroxylation sites is 1. The Hall–Kier alpha value is -2.04. The molecule has 1 N–H and O–H groups in total. The van der Waals surface area contributed by atoms with Crippen molar-refractivity contribution in [2.75, 3.05) is 19.7 Å². The predicted molar refractivity (Wildman–Crippen MR) is 91.6 cm³/mol. The highest BCUT2D eigenvalue weighted by molar-refractivity contribution is 5.79. The average molecular weight is 330 g/mol. The van der Waals surface area contributed by atoms with Crippen molar-refractivity contribution in [2.45, 2.75) is 44.6 Å². The molecule has 1 heterocycles. The molecule has 1 aliphatic heterocycles. The summed E-state index contributed by atoms with van der Waals surface area (Å²) in [6, 6.07) is 9.48. The van der Waals surface area contributed by atoms with Crippen molar-refractivity contribution < 1.29 is 14.3 Å². The van der Waals surface area contributed by atoms with Crippen molar-refractivity contribution in [1.29, 1.82) is 0 Å². The molecule has 2 aliphatic rings. The van der Waals surface area contributed by atoms with Gasteiger partial charge in [0.2, 0.25) is 5.91 Å². The summed E-state index contributed by atoms with van der Waals surface area (Å²) in [7, 11) is 0. The summed E-state index contributed by atoms with van der Waals surface area (Å²) in [6.45, 7) is 1.53. The van der Waals surface area contributed by atoms with E-state index in [2.05, 4.69) is 5.32 Å². The number of ether oxygens (including phenoxy) is 1. The van der Waals surface area contributed by atoms with Crippen LogP contribution < -0.4 is 10.1 Å². The van der Waals surface area contributed by atoms with Crippen LogP contribution in [0.2, 0.25) is 0 Å². The maximum Gasteiger partial charge on any atom is 0.258 e. The van der Waals surface area contributed by atoms with Crippen LogP contribution in [0.5, 0.6) is 5.75 Å². The van der Waals surface area contributed by atoms with E-state index in [1.807, 2.05) is 35.2 Å². The minimum atomic E-state index is -0.0978. The molecule has 5 nitrogen and oxygen atoms in total. The monoisotopic (exact) mass is 330 g/mol. The van der Waals surface area contributed by atoms with Crippen molar-refractivity contribution in [3.63, 3.8) is 0 Å².